The van der Waals surface area contributed by atoms with Gasteiger partial charge in [0.1, 0.15) is 11.6 Å². The maximum atomic E-state index is 13.3. The zero-order chi connectivity index (χ0) is 19.9. The number of rotatable bonds is 5. The van der Waals surface area contributed by atoms with Gasteiger partial charge >= 0.3 is 6.03 Å². The lowest BCUT2D eigenvalue weighted by atomic mass is 10.2. The van der Waals surface area contributed by atoms with E-state index in [1.807, 2.05) is 35.2 Å². The second kappa shape index (κ2) is 9.18. The fourth-order valence-corrected chi connectivity index (χ4v) is 3.00. The van der Waals surface area contributed by atoms with Crippen LogP contribution < -0.4 is 15.4 Å². The largest absolute Gasteiger partial charge is 0.494 e. The smallest absolute Gasteiger partial charge is 0.322 e. The minimum absolute atomic E-state index is 0.0832. The molecule has 0 aromatic heterocycles. The number of benzene rings is 2. The molecular weight excluding hydrogens is 363 g/mol. The van der Waals surface area contributed by atoms with Crippen molar-refractivity contribution in [2.45, 2.75) is 0 Å². The number of hydrogen-bond acceptors (Lipinski definition) is 4. The number of methoxy groups -OCH3 is 1. The van der Waals surface area contributed by atoms with Crippen LogP contribution in [0.4, 0.5) is 20.6 Å². The Morgan fingerprint density at radius 3 is 2.43 bits per heavy atom. The average Bonchev–Trinajstić information content (AvgIpc) is 2.70. The zero-order valence-electron chi connectivity index (χ0n) is 15.7. The van der Waals surface area contributed by atoms with Crippen LogP contribution in [0.2, 0.25) is 0 Å². The Balaban J connectivity index is 1.47. The van der Waals surface area contributed by atoms with Crippen molar-refractivity contribution in [3.05, 3.63) is 54.3 Å². The summed E-state index contributed by atoms with van der Waals surface area (Å²) in [6.07, 6.45) is 0. The van der Waals surface area contributed by atoms with E-state index in [4.69, 9.17) is 4.74 Å². The van der Waals surface area contributed by atoms with Gasteiger partial charge in [0.2, 0.25) is 5.91 Å². The van der Waals surface area contributed by atoms with E-state index < -0.39 is 5.82 Å². The number of ether oxygens (including phenoxy) is 1. The molecule has 2 aromatic carbocycles. The van der Waals surface area contributed by atoms with Gasteiger partial charge in [-0.05, 0) is 24.3 Å². The Hall–Kier alpha value is -3.13. The summed E-state index contributed by atoms with van der Waals surface area (Å²) in [5.74, 6) is -0.248. The molecule has 0 unspecified atom stereocenters. The van der Waals surface area contributed by atoms with E-state index in [1.165, 1.54) is 25.3 Å². The summed E-state index contributed by atoms with van der Waals surface area (Å²) < 4.78 is 18.4. The van der Waals surface area contributed by atoms with Crippen LogP contribution in [0.3, 0.4) is 0 Å². The van der Waals surface area contributed by atoms with E-state index in [2.05, 4.69) is 10.6 Å². The van der Waals surface area contributed by atoms with E-state index in [0.717, 1.165) is 5.69 Å². The first-order valence-corrected chi connectivity index (χ1v) is 9.02. The molecule has 1 aliphatic rings. The Labute approximate surface area is 163 Å². The third-order valence-corrected chi connectivity index (χ3v) is 4.49. The fourth-order valence-electron chi connectivity index (χ4n) is 3.00. The molecule has 7 nitrogen and oxygen atoms in total. The molecular formula is C20H23FN4O3. The van der Waals surface area contributed by atoms with Crippen molar-refractivity contribution in [2.24, 2.45) is 0 Å². The van der Waals surface area contributed by atoms with Crippen molar-refractivity contribution < 1.29 is 18.7 Å². The number of carbonyl (C=O) groups excluding carboxylic acids is 2. The summed E-state index contributed by atoms with van der Waals surface area (Å²) in [4.78, 5) is 28.3. The number of hydrogen-bond donors (Lipinski definition) is 2. The SMILES string of the molecule is COc1cc(F)ccc1NC(=O)N1CCN(CC(=O)Nc2ccccc2)CC1. The zero-order valence-corrected chi connectivity index (χ0v) is 15.7. The summed E-state index contributed by atoms with van der Waals surface area (Å²) in [6.45, 7) is 2.45. The molecule has 1 aliphatic heterocycles. The second-order valence-corrected chi connectivity index (χ2v) is 6.45. The molecule has 1 heterocycles. The van der Waals surface area contributed by atoms with E-state index in [9.17, 15) is 14.0 Å². The van der Waals surface area contributed by atoms with Gasteiger partial charge in [0.15, 0.2) is 0 Å². The van der Waals surface area contributed by atoms with Crippen molar-refractivity contribution in [3.8, 4) is 5.75 Å². The second-order valence-electron chi connectivity index (χ2n) is 6.45. The number of para-hydroxylation sites is 1. The molecule has 1 saturated heterocycles. The average molecular weight is 386 g/mol. The lowest BCUT2D eigenvalue weighted by Gasteiger charge is -2.34. The molecule has 2 aromatic rings. The van der Waals surface area contributed by atoms with Gasteiger partial charge in [0.25, 0.3) is 0 Å². The monoisotopic (exact) mass is 386 g/mol. The van der Waals surface area contributed by atoms with Gasteiger partial charge < -0.3 is 20.3 Å². The number of nitrogens with one attached hydrogen (secondary N) is 2. The number of amides is 3. The fraction of sp³-hybridized carbons (Fsp3) is 0.300. The van der Waals surface area contributed by atoms with E-state index in [0.29, 0.717) is 31.9 Å². The lowest BCUT2D eigenvalue weighted by molar-refractivity contribution is -0.117. The third kappa shape index (κ3) is 5.20. The number of urea groups is 1. The van der Waals surface area contributed by atoms with Crippen LogP contribution in [-0.2, 0) is 4.79 Å². The molecule has 28 heavy (non-hydrogen) atoms. The minimum atomic E-state index is -0.433. The van der Waals surface area contributed by atoms with Crippen LogP contribution in [0.25, 0.3) is 0 Å². The van der Waals surface area contributed by atoms with E-state index >= 15 is 0 Å². The Morgan fingerprint density at radius 1 is 1.04 bits per heavy atom. The van der Waals surface area contributed by atoms with Crippen molar-refractivity contribution in [1.29, 1.82) is 0 Å². The normalized spacial score (nSPS) is 14.4. The third-order valence-electron chi connectivity index (χ3n) is 4.49. The number of halogens is 1. The lowest BCUT2D eigenvalue weighted by Crippen LogP contribution is -2.51. The van der Waals surface area contributed by atoms with Crippen molar-refractivity contribution in [2.75, 3.05) is 50.5 Å². The molecule has 0 saturated carbocycles. The summed E-state index contributed by atoms with van der Waals surface area (Å²) in [5, 5.41) is 5.60. The number of anilines is 2. The van der Waals surface area contributed by atoms with Crippen LogP contribution in [0.15, 0.2) is 48.5 Å². The van der Waals surface area contributed by atoms with Crippen LogP contribution in [0, 0.1) is 5.82 Å². The van der Waals surface area contributed by atoms with Crippen molar-refractivity contribution >= 4 is 23.3 Å². The molecule has 0 aliphatic carbocycles. The molecule has 8 heteroatoms. The molecule has 0 atom stereocenters. The predicted molar refractivity (Wildman–Crippen MR) is 105 cm³/mol. The topological polar surface area (TPSA) is 73.9 Å². The van der Waals surface area contributed by atoms with Gasteiger partial charge in [0, 0.05) is 37.9 Å². The van der Waals surface area contributed by atoms with Gasteiger partial charge in [0.05, 0.1) is 19.3 Å². The van der Waals surface area contributed by atoms with Crippen LogP contribution in [0.1, 0.15) is 0 Å². The highest BCUT2D eigenvalue weighted by Crippen LogP contribution is 2.25. The Bertz CT molecular complexity index is 823. The van der Waals surface area contributed by atoms with Gasteiger partial charge in [-0.1, -0.05) is 18.2 Å². The minimum Gasteiger partial charge on any atom is -0.494 e. The maximum Gasteiger partial charge on any atom is 0.322 e. The quantitative estimate of drug-likeness (QED) is 0.829. The first-order chi connectivity index (χ1) is 13.5. The summed E-state index contributed by atoms with van der Waals surface area (Å²) in [5.41, 5.74) is 1.18. The van der Waals surface area contributed by atoms with E-state index in [1.54, 1.807) is 4.90 Å². The Morgan fingerprint density at radius 2 is 1.75 bits per heavy atom. The molecule has 0 spiro atoms. The molecule has 1 fully saturated rings. The highest BCUT2D eigenvalue weighted by molar-refractivity contribution is 5.92. The molecule has 3 amide bonds. The Kier molecular flexibility index (Phi) is 6.44. The van der Waals surface area contributed by atoms with E-state index in [-0.39, 0.29) is 24.2 Å². The van der Waals surface area contributed by atoms with Crippen molar-refractivity contribution in [3.63, 3.8) is 0 Å². The summed E-state index contributed by atoms with van der Waals surface area (Å²) >= 11 is 0. The first-order valence-electron chi connectivity index (χ1n) is 9.02. The molecule has 0 bridgehead atoms. The number of piperazine rings is 1. The molecule has 2 N–H and O–H groups in total. The van der Waals surface area contributed by atoms with Crippen LogP contribution >= 0.6 is 0 Å². The number of carbonyl (C=O) groups is 2. The summed E-state index contributed by atoms with van der Waals surface area (Å²) in [6, 6.07) is 13.0. The number of nitrogens with zero attached hydrogens (tertiary/aromatic N) is 2. The van der Waals surface area contributed by atoms with Gasteiger partial charge in [-0.3, -0.25) is 9.69 Å². The highest BCUT2D eigenvalue weighted by atomic mass is 19.1. The molecule has 3 rings (SSSR count). The van der Waals surface area contributed by atoms with Crippen LogP contribution in [0.5, 0.6) is 5.75 Å². The van der Waals surface area contributed by atoms with Gasteiger partial charge in [-0.15, -0.1) is 0 Å². The van der Waals surface area contributed by atoms with Crippen molar-refractivity contribution in [1.82, 2.24) is 9.80 Å². The molecule has 0 radical (unpaired) electrons. The van der Waals surface area contributed by atoms with Crippen LogP contribution in [-0.4, -0.2) is 61.6 Å². The molecule has 148 valence electrons. The standard InChI is InChI=1S/C20H23FN4O3/c1-28-18-13-15(21)7-8-17(18)23-20(27)25-11-9-24(10-12-25)14-19(26)22-16-5-3-2-4-6-16/h2-8,13H,9-12,14H2,1H3,(H,22,26)(H,23,27). The van der Waals surface area contributed by atoms with Gasteiger partial charge in [-0.2, -0.15) is 0 Å². The van der Waals surface area contributed by atoms with Gasteiger partial charge in [-0.25, -0.2) is 9.18 Å². The first kappa shape index (κ1) is 19.6. The maximum absolute atomic E-state index is 13.3. The summed E-state index contributed by atoms with van der Waals surface area (Å²) in [7, 11) is 1.42. The highest BCUT2D eigenvalue weighted by Gasteiger charge is 2.23. The predicted octanol–water partition coefficient (Wildman–Crippen LogP) is 2.62.